The number of carbonyl (C=O) groups excluding carboxylic acids is 2. The van der Waals surface area contributed by atoms with Gasteiger partial charge in [0.05, 0.1) is 7.11 Å². The van der Waals surface area contributed by atoms with Gasteiger partial charge in [-0.05, 0) is 61.9 Å². The minimum atomic E-state index is -0.682. The van der Waals surface area contributed by atoms with E-state index in [0.717, 1.165) is 50.5 Å². The third-order valence-corrected chi connectivity index (χ3v) is 5.88. The van der Waals surface area contributed by atoms with Gasteiger partial charge in [-0.2, -0.15) is 0 Å². The average Bonchev–Trinajstić information content (AvgIpc) is 2.80. The summed E-state index contributed by atoms with van der Waals surface area (Å²) in [5.74, 6) is -0.456. The highest BCUT2D eigenvalue weighted by Crippen LogP contribution is 2.23. The minimum Gasteiger partial charge on any atom is -0.497 e. The fourth-order valence-electron chi connectivity index (χ4n) is 3.53. The first-order chi connectivity index (χ1) is 15.0. The summed E-state index contributed by atoms with van der Waals surface area (Å²) in [4.78, 5) is 28.9. The maximum Gasteiger partial charge on any atom is 0.313 e. The van der Waals surface area contributed by atoms with Crippen LogP contribution in [0.25, 0.3) is 0 Å². The Morgan fingerprint density at radius 3 is 2.42 bits per heavy atom. The van der Waals surface area contributed by atoms with Gasteiger partial charge in [-0.3, -0.25) is 14.5 Å². The molecule has 0 saturated carbocycles. The molecule has 1 aliphatic rings. The zero-order valence-corrected chi connectivity index (χ0v) is 18.7. The largest absolute Gasteiger partial charge is 0.497 e. The van der Waals surface area contributed by atoms with E-state index in [9.17, 15) is 9.59 Å². The summed E-state index contributed by atoms with van der Waals surface area (Å²) in [6, 6.07) is 13.3. The van der Waals surface area contributed by atoms with Gasteiger partial charge in [0, 0.05) is 49.1 Å². The predicted molar refractivity (Wildman–Crippen MR) is 124 cm³/mol. The lowest BCUT2D eigenvalue weighted by Gasteiger charge is -2.36. The molecule has 0 bridgehead atoms. The van der Waals surface area contributed by atoms with Gasteiger partial charge in [0.15, 0.2) is 0 Å². The lowest BCUT2D eigenvalue weighted by molar-refractivity contribution is -0.136. The summed E-state index contributed by atoms with van der Waals surface area (Å²) in [5, 5.41) is 5.84. The second-order valence-corrected chi connectivity index (χ2v) is 7.91. The first kappa shape index (κ1) is 22.9. The van der Waals surface area contributed by atoms with Crippen LogP contribution in [0.1, 0.15) is 12.0 Å². The molecule has 31 heavy (non-hydrogen) atoms. The van der Waals surface area contributed by atoms with Gasteiger partial charge in [0.1, 0.15) is 5.75 Å². The normalized spacial score (nSPS) is 14.2. The van der Waals surface area contributed by atoms with Crippen molar-refractivity contribution in [3.63, 3.8) is 0 Å². The van der Waals surface area contributed by atoms with Crippen molar-refractivity contribution < 1.29 is 14.3 Å². The van der Waals surface area contributed by atoms with Crippen LogP contribution in [0.2, 0.25) is 5.02 Å². The molecule has 1 heterocycles. The zero-order chi connectivity index (χ0) is 22.2. The summed E-state index contributed by atoms with van der Waals surface area (Å²) in [7, 11) is 1.67. The van der Waals surface area contributed by atoms with Crippen molar-refractivity contribution in [2.45, 2.75) is 13.3 Å². The fraction of sp³-hybridized carbons (Fsp3) is 0.391. The van der Waals surface area contributed by atoms with E-state index < -0.39 is 11.8 Å². The van der Waals surface area contributed by atoms with Crippen LogP contribution in [0.15, 0.2) is 42.5 Å². The molecule has 0 spiro atoms. The maximum atomic E-state index is 12.1. The number of nitrogens with zero attached hydrogens (tertiary/aromatic N) is 2. The number of halogens is 1. The van der Waals surface area contributed by atoms with E-state index in [4.69, 9.17) is 16.3 Å². The summed E-state index contributed by atoms with van der Waals surface area (Å²) in [6.45, 7) is 6.98. The Hall–Kier alpha value is -2.77. The quantitative estimate of drug-likeness (QED) is 0.507. The number of amides is 2. The highest BCUT2D eigenvalue weighted by atomic mass is 35.5. The number of nitrogens with one attached hydrogen (secondary N) is 2. The van der Waals surface area contributed by atoms with Crippen LogP contribution in [-0.4, -0.2) is 63.1 Å². The van der Waals surface area contributed by atoms with E-state index in [1.54, 1.807) is 32.2 Å². The highest BCUT2D eigenvalue weighted by Gasteiger charge is 2.18. The van der Waals surface area contributed by atoms with Gasteiger partial charge in [-0.1, -0.05) is 17.7 Å². The highest BCUT2D eigenvalue weighted by molar-refractivity contribution is 6.40. The summed E-state index contributed by atoms with van der Waals surface area (Å²) < 4.78 is 5.21. The Bertz CT molecular complexity index is 896. The minimum absolute atomic E-state index is 0.458. The molecule has 0 atom stereocenters. The summed E-state index contributed by atoms with van der Waals surface area (Å²) in [5.41, 5.74) is 2.48. The molecule has 2 N–H and O–H groups in total. The standard InChI is InChI=1S/C23H29ClN4O3/c1-17-20(24)5-3-6-21(17)26-23(30)22(29)25-11-4-12-27-13-15-28(16-14-27)18-7-9-19(31-2)10-8-18/h3,5-10H,4,11-16H2,1-2H3,(H,25,29)(H,26,30). The molecule has 0 radical (unpaired) electrons. The van der Waals surface area contributed by atoms with E-state index in [2.05, 4.69) is 32.6 Å². The second kappa shape index (κ2) is 11.0. The first-order valence-corrected chi connectivity index (χ1v) is 10.8. The molecule has 2 aromatic rings. The van der Waals surface area contributed by atoms with Crippen molar-refractivity contribution in [2.24, 2.45) is 0 Å². The van der Waals surface area contributed by atoms with E-state index >= 15 is 0 Å². The molecule has 7 nitrogen and oxygen atoms in total. The van der Waals surface area contributed by atoms with Gasteiger partial charge in [0.2, 0.25) is 0 Å². The Kier molecular flexibility index (Phi) is 8.14. The number of ether oxygens (including phenoxy) is 1. The molecule has 0 aliphatic carbocycles. The summed E-state index contributed by atoms with van der Waals surface area (Å²) in [6.07, 6.45) is 0.789. The molecular weight excluding hydrogens is 416 g/mol. The SMILES string of the molecule is COc1ccc(N2CCN(CCCNC(=O)C(=O)Nc3cccc(Cl)c3C)CC2)cc1. The Morgan fingerprint density at radius 2 is 1.74 bits per heavy atom. The van der Waals surface area contributed by atoms with E-state index in [0.29, 0.717) is 17.3 Å². The Balaban J connectivity index is 1.34. The van der Waals surface area contributed by atoms with E-state index in [1.165, 1.54) is 5.69 Å². The van der Waals surface area contributed by atoms with Crippen LogP contribution >= 0.6 is 11.6 Å². The molecule has 3 rings (SSSR count). The monoisotopic (exact) mass is 444 g/mol. The lowest BCUT2D eigenvalue weighted by Crippen LogP contribution is -2.47. The molecule has 1 saturated heterocycles. The second-order valence-electron chi connectivity index (χ2n) is 7.50. The van der Waals surface area contributed by atoms with E-state index in [-0.39, 0.29) is 0 Å². The molecular formula is C23H29ClN4O3. The van der Waals surface area contributed by atoms with Gasteiger partial charge in [-0.15, -0.1) is 0 Å². The Labute approximate surface area is 188 Å². The molecule has 0 aromatic heterocycles. The molecule has 8 heteroatoms. The number of carbonyl (C=O) groups is 2. The van der Waals surface area contributed by atoms with E-state index in [1.807, 2.05) is 12.1 Å². The topological polar surface area (TPSA) is 73.9 Å². The third-order valence-electron chi connectivity index (χ3n) is 5.47. The number of piperazine rings is 1. The number of anilines is 2. The van der Waals surface area contributed by atoms with Gasteiger partial charge >= 0.3 is 11.8 Å². The van der Waals surface area contributed by atoms with Gasteiger partial charge < -0.3 is 20.3 Å². The molecule has 1 aliphatic heterocycles. The molecule has 2 amide bonds. The molecule has 0 unspecified atom stereocenters. The number of benzene rings is 2. The molecule has 1 fully saturated rings. The Morgan fingerprint density at radius 1 is 1.03 bits per heavy atom. The van der Waals surface area contributed by atoms with Crippen LogP contribution < -0.4 is 20.3 Å². The van der Waals surface area contributed by atoms with Crippen molar-refractivity contribution in [1.29, 1.82) is 0 Å². The van der Waals surface area contributed by atoms with Gasteiger partial charge in [-0.25, -0.2) is 0 Å². The molecule has 2 aromatic carbocycles. The van der Waals surface area contributed by atoms with Crippen LogP contribution in [0, 0.1) is 6.92 Å². The third kappa shape index (κ3) is 6.35. The number of rotatable bonds is 7. The average molecular weight is 445 g/mol. The molecule has 166 valence electrons. The maximum absolute atomic E-state index is 12.1. The zero-order valence-electron chi connectivity index (χ0n) is 18.0. The van der Waals surface area contributed by atoms with Crippen LogP contribution in [0.3, 0.4) is 0 Å². The number of hydrogen-bond donors (Lipinski definition) is 2. The van der Waals surface area contributed by atoms with Crippen molar-refractivity contribution in [3.8, 4) is 5.75 Å². The fourth-order valence-corrected chi connectivity index (χ4v) is 3.70. The van der Waals surface area contributed by atoms with Crippen LogP contribution in [0.5, 0.6) is 5.75 Å². The summed E-state index contributed by atoms with van der Waals surface area (Å²) >= 11 is 6.04. The van der Waals surface area contributed by atoms with Crippen LogP contribution in [-0.2, 0) is 9.59 Å². The van der Waals surface area contributed by atoms with Crippen molar-refractivity contribution in [2.75, 3.05) is 56.6 Å². The predicted octanol–water partition coefficient (Wildman–Crippen LogP) is 2.92. The van der Waals surface area contributed by atoms with Gasteiger partial charge in [0.25, 0.3) is 0 Å². The van der Waals surface area contributed by atoms with Crippen molar-refractivity contribution in [1.82, 2.24) is 10.2 Å². The smallest absolute Gasteiger partial charge is 0.313 e. The van der Waals surface area contributed by atoms with Crippen LogP contribution in [0.4, 0.5) is 11.4 Å². The lowest BCUT2D eigenvalue weighted by atomic mass is 10.2. The van der Waals surface area contributed by atoms with Crippen molar-refractivity contribution >= 4 is 34.8 Å². The number of methoxy groups -OCH3 is 1. The van der Waals surface area contributed by atoms with Crippen molar-refractivity contribution in [3.05, 3.63) is 53.1 Å². The number of hydrogen-bond acceptors (Lipinski definition) is 5. The first-order valence-electron chi connectivity index (χ1n) is 10.4.